The molecule has 0 amide bonds. The minimum atomic E-state index is -0.991. The molecule has 6 nitrogen and oxygen atoms in total. The Labute approximate surface area is 139 Å². The lowest BCUT2D eigenvalue weighted by Crippen LogP contribution is -2.18. The van der Waals surface area contributed by atoms with E-state index in [9.17, 15) is 9.90 Å². The number of methoxy groups -OCH3 is 1. The van der Waals surface area contributed by atoms with E-state index < -0.39 is 6.09 Å². The summed E-state index contributed by atoms with van der Waals surface area (Å²) in [5, 5.41) is 19.6. The zero-order valence-electron chi connectivity index (χ0n) is 13.5. The first kappa shape index (κ1) is 16.7. The van der Waals surface area contributed by atoms with Crippen LogP contribution in [-0.4, -0.2) is 48.0 Å². The zero-order chi connectivity index (χ0) is 17.2. The van der Waals surface area contributed by atoms with Gasteiger partial charge in [-0.2, -0.15) is 0 Å². The molecule has 1 aromatic heterocycles. The number of allylic oxidation sites excluding steroid dienone is 1. The molecule has 2 atom stereocenters. The monoisotopic (exact) mass is 331 g/mol. The molecule has 6 heteroatoms. The van der Waals surface area contributed by atoms with Crippen molar-refractivity contribution in [2.24, 2.45) is 11.3 Å². The van der Waals surface area contributed by atoms with Crippen molar-refractivity contribution in [2.75, 3.05) is 27.1 Å². The Balaban J connectivity index is 1.69. The van der Waals surface area contributed by atoms with Gasteiger partial charge in [0.1, 0.15) is 6.79 Å². The van der Waals surface area contributed by atoms with Gasteiger partial charge in [0.15, 0.2) is 0 Å². The first-order chi connectivity index (χ1) is 11.6. The van der Waals surface area contributed by atoms with Crippen LogP contribution in [0.1, 0.15) is 12.0 Å². The summed E-state index contributed by atoms with van der Waals surface area (Å²) in [7, 11) is 1.57. The fraction of sp³-hybridized carbons (Fsp3) is 0.389. The van der Waals surface area contributed by atoms with Crippen LogP contribution in [0.3, 0.4) is 0 Å². The molecule has 0 saturated heterocycles. The van der Waals surface area contributed by atoms with Crippen LogP contribution in [0.25, 0.3) is 17.0 Å². The number of fused-ring (bicyclic) bond motifs is 1. The van der Waals surface area contributed by atoms with Crippen molar-refractivity contribution < 1.29 is 24.5 Å². The quantitative estimate of drug-likeness (QED) is 0.602. The number of benzene rings is 1. The van der Waals surface area contributed by atoms with E-state index in [1.807, 2.05) is 18.2 Å². The number of ether oxygens (including phenoxy) is 2. The smallest absolute Gasteiger partial charge is 0.415 e. The van der Waals surface area contributed by atoms with Crippen molar-refractivity contribution in [3.05, 3.63) is 42.1 Å². The number of aromatic nitrogens is 1. The first-order valence-corrected chi connectivity index (χ1v) is 7.80. The largest absolute Gasteiger partial charge is 0.464 e. The lowest BCUT2D eigenvalue weighted by Gasteiger charge is -2.12. The van der Waals surface area contributed by atoms with Crippen molar-refractivity contribution in [1.29, 1.82) is 0 Å². The molecule has 0 aliphatic heterocycles. The van der Waals surface area contributed by atoms with E-state index in [-0.39, 0.29) is 24.7 Å². The minimum Gasteiger partial charge on any atom is -0.464 e. The second kappa shape index (κ2) is 6.76. The van der Waals surface area contributed by atoms with Gasteiger partial charge in [-0.15, -0.1) is 0 Å². The third kappa shape index (κ3) is 3.21. The van der Waals surface area contributed by atoms with Gasteiger partial charge in [0.25, 0.3) is 0 Å². The number of aliphatic hydroxyl groups is 1. The third-order valence-electron chi connectivity index (χ3n) is 4.60. The Morgan fingerprint density at radius 1 is 1.46 bits per heavy atom. The normalized spacial score (nSPS) is 23.2. The first-order valence-electron chi connectivity index (χ1n) is 7.80. The Morgan fingerprint density at radius 2 is 2.29 bits per heavy atom. The summed E-state index contributed by atoms with van der Waals surface area (Å²) in [6.07, 6.45) is 5.54. The molecular weight excluding hydrogens is 310 g/mol. The average Bonchev–Trinajstić information content (AvgIpc) is 3.10. The summed E-state index contributed by atoms with van der Waals surface area (Å²) in [6, 6.07) is 7.43. The maximum atomic E-state index is 11.1. The summed E-state index contributed by atoms with van der Waals surface area (Å²) in [5.74, 6) is 0.277. The van der Waals surface area contributed by atoms with E-state index in [2.05, 4.69) is 6.08 Å². The van der Waals surface area contributed by atoms with Crippen LogP contribution < -0.4 is 0 Å². The third-order valence-corrected chi connectivity index (χ3v) is 4.60. The average molecular weight is 331 g/mol. The predicted octanol–water partition coefficient (Wildman–Crippen LogP) is 2.80. The maximum Gasteiger partial charge on any atom is 0.415 e. The number of hydrogen-bond donors (Lipinski definition) is 2. The lowest BCUT2D eigenvalue weighted by molar-refractivity contribution is -0.0557. The Hall–Kier alpha value is -2.15. The highest BCUT2D eigenvalue weighted by atomic mass is 16.7. The SMILES string of the molecule is COCOCC1(CO)CC1C=Cc1ccc2c(ccn2C(=O)O)c1. The molecule has 0 radical (unpaired) electrons. The van der Waals surface area contributed by atoms with Crippen LogP contribution in [0.4, 0.5) is 4.79 Å². The van der Waals surface area contributed by atoms with Gasteiger partial charge in [0.2, 0.25) is 0 Å². The number of carbonyl (C=O) groups is 1. The molecule has 2 N–H and O–H groups in total. The van der Waals surface area contributed by atoms with Crippen molar-refractivity contribution in [3.63, 3.8) is 0 Å². The van der Waals surface area contributed by atoms with E-state index >= 15 is 0 Å². The Bertz CT molecular complexity index is 766. The van der Waals surface area contributed by atoms with E-state index in [1.165, 1.54) is 4.57 Å². The highest BCUT2D eigenvalue weighted by Crippen LogP contribution is 2.53. The summed E-state index contributed by atoms with van der Waals surface area (Å²) in [6.45, 7) is 0.800. The molecule has 1 saturated carbocycles. The van der Waals surface area contributed by atoms with Crippen LogP contribution >= 0.6 is 0 Å². The zero-order valence-corrected chi connectivity index (χ0v) is 13.5. The van der Waals surface area contributed by atoms with E-state index in [0.717, 1.165) is 17.4 Å². The van der Waals surface area contributed by atoms with Crippen LogP contribution in [0, 0.1) is 11.3 Å². The molecule has 128 valence electrons. The van der Waals surface area contributed by atoms with Gasteiger partial charge in [0.05, 0.1) is 18.7 Å². The molecule has 1 aliphatic carbocycles. The van der Waals surface area contributed by atoms with Crippen LogP contribution in [0.5, 0.6) is 0 Å². The van der Waals surface area contributed by atoms with Gasteiger partial charge in [-0.05, 0) is 36.1 Å². The standard InChI is InChI=1S/C18H21NO5/c1-23-12-24-11-18(10-20)9-15(18)4-2-13-3-5-16-14(8-13)6-7-19(16)17(21)22/h2-8,15,20H,9-12H2,1H3,(H,21,22). The van der Waals surface area contributed by atoms with Crippen molar-refractivity contribution >= 4 is 23.1 Å². The van der Waals surface area contributed by atoms with Gasteiger partial charge in [-0.1, -0.05) is 18.2 Å². The molecule has 2 unspecified atom stereocenters. The number of carboxylic acid groups (broad SMARTS) is 1. The Morgan fingerprint density at radius 3 is 3.00 bits per heavy atom. The maximum absolute atomic E-state index is 11.1. The minimum absolute atomic E-state index is 0.0895. The number of rotatable bonds is 7. The van der Waals surface area contributed by atoms with Gasteiger partial charge in [-0.3, -0.25) is 4.57 Å². The predicted molar refractivity (Wildman–Crippen MR) is 89.8 cm³/mol. The molecular formula is C18H21NO5. The summed E-state index contributed by atoms with van der Waals surface area (Å²) in [4.78, 5) is 11.1. The number of aliphatic hydroxyl groups excluding tert-OH is 1. The van der Waals surface area contributed by atoms with E-state index in [1.54, 1.807) is 25.4 Å². The van der Waals surface area contributed by atoms with Crippen molar-refractivity contribution in [2.45, 2.75) is 6.42 Å². The van der Waals surface area contributed by atoms with Crippen LogP contribution in [0.2, 0.25) is 0 Å². The molecule has 0 spiro atoms. The topological polar surface area (TPSA) is 80.9 Å². The molecule has 1 aromatic carbocycles. The summed E-state index contributed by atoms with van der Waals surface area (Å²) < 4.78 is 11.5. The summed E-state index contributed by atoms with van der Waals surface area (Å²) >= 11 is 0. The van der Waals surface area contributed by atoms with E-state index in [0.29, 0.717) is 12.1 Å². The number of nitrogens with zero attached hydrogens (tertiary/aromatic N) is 1. The molecule has 3 rings (SSSR count). The van der Waals surface area contributed by atoms with Gasteiger partial charge in [-0.25, -0.2) is 4.79 Å². The van der Waals surface area contributed by atoms with Gasteiger partial charge < -0.3 is 19.7 Å². The second-order valence-corrected chi connectivity index (χ2v) is 6.23. The summed E-state index contributed by atoms with van der Waals surface area (Å²) in [5.41, 5.74) is 1.47. The fourth-order valence-electron chi connectivity index (χ4n) is 3.03. The molecule has 0 bridgehead atoms. The van der Waals surface area contributed by atoms with Crippen molar-refractivity contribution in [3.8, 4) is 0 Å². The fourth-order valence-corrected chi connectivity index (χ4v) is 3.03. The lowest BCUT2D eigenvalue weighted by atomic mass is 10.1. The van der Waals surface area contributed by atoms with Gasteiger partial charge >= 0.3 is 6.09 Å². The van der Waals surface area contributed by atoms with Crippen molar-refractivity contribution in [1.82, 2.24) is 4.57 Å². The van der Waals surface area contributed by atoms with Crippen LogP contribution in [0.15, 0.2) is 36.5 Å². The van der Waals surface area contributed by atoms with Gasteiger partial charge in [0, 0.05) is 24.1 Å². The molecule has 1 heterocycles. The Kier molecular flexibility index (Phi) is 4.71. The highest BCUT2D eigenvalue weighted by molar-refractivity contribution is 5.90. The number of hydrogen-bond acceptors (Lipinski definition) is 4. The van der Waals surface area contributed by atoms with E-state index in [4.69, 9.17) is 14.6 Å². The molecule has 2 aromatic rings. The highest BCUT2D eigenvalue weighted by Gasteiger charge is 2.52. The molecule has 24 heavy (non-hydrogen) atoms. The molecule has 1 aliphatic rings. The second-order valence-electron chi connectivity index (χ2n) is 6.23. The molecule has 1 fully saturated rings. The van der Waals surface area contributed by atoms with Crippen LogP contribution in [-0.2, 0) is 9.47 Å².